The summed E-state index contributed by atoms with van der Waals surface area (Å²) in [4.78, 5) is 10.4. The van der Waals surface area contributed by atoms with Crippen molar-refractivity contribution in [2.24, 2.45) is 0 Å². The van der Waals surface area contributed by atoms with E-state index >= 15 is 0 Å². The highest BCUT2D eigenvalue weighted by Crippen LogP contribution is 2.13. The molecule has 0 saturated heterocycles. The molecule has 0 aliphatic rings. The Morgan fingerprint density at radius 1 is 0.947 bits per heavy atom. The van der Waals surface area contributed by atoms with Gasteiger partial charge in [0.2, 0.25) is 0 Å². The monoisotopic (exact) mass is 255 g/mol. The van der Waals surface area contributed by atoms with Gasteiger partial charge in [0, 0.05) is 18.8 Å². The number of hydrogen-bond acceptors (Lipinski definition) is 3. The van der Waals surface area contributed by atoms with Crippen molar-refractivity contribution in [2.75, 3.05) is 6.61 Å². The summed E-state index contributed by atoms with van der Waals surface area (Å²) in [5.41, 5.74) is 1.95. The average molecular weight is 255 g/mol. The van der Waals surface area contributed by atoms with Crippen LogP contribution in [0.2, 0.25) is 0 Å². The second kappa shape index (κ2) is 6.59. The molecule has 0 unspecified atom stereocenters. The molecule has 3 heteroatoms. The van der Waals surface area contributed by atoms with Crippen LogP contribution < -0.4 is 9.84 Å². The summed E-state index contributed by atoms with van der Waals surface area (Å²) in [5, 5.41) is 10.4. The highest BCUT2D eigenvalue weighted by atomic mass is 16.5. The van der Waals surface area contributed by atoms with Crippen LogP contribution in [-0.4, -0.2) is 12.6 Å². The molecule has 0 bridgehead atoms. The SMILES string of the molecule is O=C([O-])Cc1ccc(OCCc2ccccc2)cc1. The van der Waals surface area contributed by atoms with E-state index in [1.165, 1.54) is 5.56 Å². The number of carboxylic acid groups (broad SMARTS) is 1. The minimum absolute atomic E-state index is 0.0652. The fourth-order valence-corrected chi connectivity index (χ4v) is 1.80. The first-order chi connectivity index (χ1) is 9.24. The lowest BCUT2D eigenvalue weighted by atomic mass is 10.1. The largest absolute Gasteiger partial charge is 0.550 e. The third kappa shape index (κ3) is 4.47. The maximum Gasteiger partial charge on any atom is 0.119 e. The van der Waals surface area contributed by atoms with Gasteiger partial charge in [-0.25, -0.2) is 0 Å². The van der Waals surface area contributed by atoms with Crippen LogP contribution in [0.5, 0.6) is 5.75 Å². The van der Waals surface area contributed by atoms with Crippen LogP contribution >= 0.6 is 0 Å². The molecule has 0 saturated carbocycles. The second-order valence-electron chi connectivity index (χ2n) is 4.28. The van der Waals surface area contributed by atoms with Gasteiger partial charge in [-0.15, -0.1) is 0 Å². The molecule has 0 aliphatic carbocycles. The van der Waals surface area contributed by atoms with E-state index in [1.807, 2.05) is 18.2 Å². The molecule has 2 rings (SSSR count). The molecular weight excluding hydrogens is 240 g/mol. The van der Waals surface area contributed by atoms with Gasteiger partial charge in [-0.2, -0.15) is 0 Å². The molecule has 0 aromatic heterocycles. The van der Waals surface area contributed by atoms with Gasteiger partial charge >= 0.3 is 0 Å². The highest BCUT2D eigenvalue weighted by Gasteiger charge is 1.97. The van der Waals surface area contributed by atoms with E-state index in [0.717, 1.165) is 17.7 Å². The minimum atomic E-state index is -1.07. The molecule has 0 fully saturated rings. The lowest BCUT2D eigenvalue weighted by Gasteiger charge is -2.07. The average Bonchev–Trinajstić information content (AvgIpc) is 2.41. The van der Waals surface area contributed by atoms with Gasteiger partial charge in [-0.05, 0) is 23.3 Å². The third-order valence-electron chi connectivity index (χ3n) is 2.77. The fraction of sp³-hybridized carbons (Fsp3) is 0.188. The topological polar surface area (TPSA) is 49.4 Å². The van der Waals surface area contributed by atoms with Gasteiger partial charge in [0.05, 0.1) is 6.61 Å². The fourth-order valence-electron chi connectivity index (χ4n) is 1.80. The second-order valence-corrected chi connectivity index (χ2v) is 4.28. The Morgan fingerprint density at radius 3 is 2.26 bits per heavy atom. The molecular formula is C16H15O3-. The Kier molecular flexibility index (Phi) is 4.56. The van der Waals surface area contributed by atoms with Crippen molar-refractivity contribution >= 4 is 5.97 Å². The molecule has 98 valence electrons. The van der Waals surface area contributed by atoms with Crippen molar-refractivity contribution in [1.82, 2.24) is 0 Å². The quantitative estimate of drug-likeness (QED) is 0.787. The number of ether oxygens (including phenoxy) is 1. The first-order valence-corrected chi connectivity index (χ1v) is 6.19. The number of carbonyl (C=O) groups is 1. The number of hydrogen-bond donors (Lipinski definition) is 0. The summed E-state index contributed by atoms with van der Waals surface area (Å²) in [7, 11) is 0. The predicted molar refractivity (Wildman–Crippen MR) is 70.8 cm³/mol. The number of benzene rings is 2. The van der Waals surface area contributed by atoms with Crippen molar-refractivity contribution < 1.29 is 14.6 Å². The first kappa shape index (κ1) is 13.1. The summed E-state index contributed by atoms with van der Waals surface area (Å²) in [6, 6.07) is 17.2. The smallest absolute Gasteiger partial charge is 0.119 e. The van der Waals surface area contributed by atoms with E-state index in [-0.39, 0.29) is 6.42 Å². The van der Waals surface area contributed by atoms with Crippen molar-refractivity contribution in [3.8, 4) is 5.75 Å². The Balaban J connectivity index is 1.81. The zero-order chi connectivity index (χ0) is 13.5. The molecule has 2 aromatic rings. The normalized spacial score (nSPS) is 10.1. The Labute approximate surface area is 112 Å². The van der Waals surface area contributed by atoms with Gasteiger partial charge in [-0.1, -0.05) is 42.5 Å². The number of carboxylic acids is 1. The van der Waals surface area contributed by atoms with E-state index in [9.17, 15) is 9.90 Å². The molecule has 0 atom stereocenters. The van der Waals surface area contributed by atoms with Gasteiger partial charge in [0.1, 0.15) is 5.75 Å². The zero-order valence-corrected chi connectivity index (χ0v) is 10.5. The van der Waals surface area contributed by atoms with Crippen LogP contribution in [0.25, 0.3) is 0 Å². The van der Waals surface area contributed by atoms with Crippen LogP contribution in [0.15, 0.2) is 54.6 Å². The number of aliphatic carboxylic acids is 1. The number of carbonyl (C=O) groups excluding carboxylic acids is 1. The van der Waals surface area contributed by atoms with E-state index < -0.39 is 5.97 Å². The predicted octanol–water partition coefficient (Wildman–Crippen LogP) is 1.60. The van der Waals surface area contributed by atoms with Gasteiger partial charge < -0.3 is 14.6 Å². The van der Waals surface area contributed by atoms with Crippen LogP contribution in [-0.2, 0) is 17.6 Å². The summed E-state index contributed by atoms with van der Waals surface area (Å²) >= 11 is 0. The lowest BCUT2D eigenvalue weighted by Crippen LogP contribution is -2.24. The van der Waals surface area contributed by atoms with E-state index in [4.69, 9.17) is 4.74 Å². The molecule has 2 aromatic carbocycles. The molecule has 3 nitrogen and oxygen atoms in total. The third-order valence-corrected chi connectivity index (χ3v) is 2.77. The van der Waals surface area contributed by atoms with Gasteiger partial charge in [0.25, 0.3) is 0 Å². The summed E-state index contributed by atoms with van der Waals surface area (Å²) in [6.07, 6.45) is 0.784. The molecule has 0 N–H and O–H groups in total. The van der Waals surface area contributed by atoms with Crippen molar-refractivity contribution in [3.63, 3.8) is 0 Å². The Bertz CT molecular complexity index is 517. The van der Waals surface area contributed by atoms with E-state index in [0.29, 0.717) is 6.61 Å². The molecule has 0 heterocycles. The summed E-state index contributed by atoms with van der Waals surface area (Å²) in [5.74, 6) is -0.323. The Hall–Kier alpha value is -2.29. The molecule has 0 radical (unpaired) electrons. The molecule has 0 amide bonds. The van der Waals surface area contributed by atoms with E-state index in [2.05, 4.69) is 12.1 Å². The van der Waals surface area contributed by atoms with Crippen molar-refractivity contribution in [1.29, 1.82) is 0 Å². The van der Waals surface area contributed by atoms with Gasteiger partial charge in [0.15, 0.2) is 0 Å². The van der Waals surface area contributed by atoms with Crippen LogP contribution in [0.3, 0.4) is 0 Å². The number of rotatable bonds is 6. The van der Waals surface area contributed by atoms with Crippen LogP contribution in [0, 0.1) is 0 Å². The maximum absolute atomic E-state index is 10.4. The highest BCUT2D eigenvalue weighted by molar-refractivity contribution is 5.67. The van der Waals surface area contributed by atoms with Gasteiger partial charge in [-0.3, -0.25) is 0 Å². The lowest BCUT2D eigenvalue weighted by molar-refractivity contribution is -0.304. The van der Waals surface area contributed by atoms with Crippen LogP contribution in [0.4, 0.5) is 0 Å². The molecule has 0 aliphatic heterocycles. The van der Waals surface area contributed by atoms with Crippen molar-refractivity contribution in [3.05, 3.63) is 65.7 Å². The minimum Gasteiger partial charge on any atom is -0.550 e. The molecule has 19 heavy (non-hydrogen) atoms. The Morgan fingerprint density at radius 2 is 1.63 bits per heavy atom. The van der Waals surface area contributed by atoms with E-state index in [1.54, 1.807) is 24.3 Å². The van der Waals surface area contributed by atoms with Crippen molar-refractivity contribution in [2.45, 2.75) is 12.8 Å². The first-order valence-electron chi connectivity index (χ1n) is 6.19. The standard InChI is InChI=1S/C16H16O3/c17-16(18)12-14-6-8-15(9-7-14)19-11-10-13-4-2-1-3-5-13/h1-9H,10-12H2,(H,17,18)/p-1. The van der Waals surface area contributed by atoms with Crippen LogP contribution in [0.1, 0.15) is 11.1 Å². The summed E-state index contributed by atoms with van der Waals surface area (Å²) in [6.45, 7) is 0.601. The maximum atomic E-state index is 10.4. The summed E-state index contributed by atoms with van der Waals surface area (Å²) < 4.78 is 5.61. The zero-order valence-electron chi connectivity index (χ0n) is 10.5. The molecule has 0 spiro atoms.